The van der Waals surface area contributed by atoms with Gasteiger partial charge in [-0.3, -0.25) is 9.71 Å². The van der Waals surface area contributed by atoms with Gasteiger partial charge in [-0.1, -0.05) is 39.0 Å². The fraction of sp³-hybridized carbons (Fsp3) is 0.185. The number of sulfonamides is 1. The Morgan fingerprint density at radius 1 is 0.974 bits per heavy atom. The Hall–Kier alpha value is -4.19. The summed E-state index contributed by atoms with van der Waals surface area (Å²) in [5.74, 6) is -2.65. The van der Waals surface area contributed by atoms with Crippen LogP contribution in [-0.2, 0) is 15.4 Å². The van der Waals surface area contributed by atoms with Crippen LogP contribution in [0.3, 0.4) is 0 Å². The highest BCUT2D eigenvalue weighted by Crippen LogP contribution is 2.39. The van der Waals surface area contributed by atoms with Crippen molar-refractivity contribution in [3.05, 3.63) is 83.8 Å². The molecule has 7 nitrogen and oxygen atoms in total. The summed E-state index contributed by atoms with van der Waals surface area (Å²) in [5.41, 5.74) is -0.429. The highest BCUT2D eigenvalue weighted by molar-refractivity contribution is 7.92. The molecule has 0 bridgehead atoms. The Morgan fingerprint density at radius 2 is 1.69 bits per heavy atom. The topological polar surface area (TPSA) is 106 Å². The van der Waals surface area contributed by atoms with E-state index >= 15 is 0 Å². The number of carbonyl (C=O) groups is 1. The molecule has 0 unspecified atom stereocenters. The summed E-state index contributed by atoms with van der Waals surface area (Å²) < 4.78 is 86.5. The van der Waals surface area contributed by atoms with Crippen LogP contribution in [0.15, 0.2) is 71.8 Å². The molecule has 1 heterocycles. The second kappa shape index (κ2) is 9.84. The Morgan fingerprint density at radius 3 is 2.31 bits per heavy atom. The number of halogens is 4. The number of rotatable bonds is 6. The third-order valence-electron chi connectivity index (χ3n) is 5.82. The average molecular weight is 563 g/mol. The minimum Gasteiger partial charge on any atom is -0.478 e. The second-order valence-corrected chi connectivity index (χ2v) is 11.3. The molecule has 0 saturated carbocycles. The van der Waals surface area contributed by atoms with Crippen LogP contribution in [0.25, 0.3) is 22.0 Å². The Bertz CT molecular complexity index is 1700. The van der Waals surface area contributed by atoms with E-state index in [9.17, 15) is 35.9 Å². The van der Waals surface area contributed by atoms with Crippen molar-refractivity contribution in [2.45, 2.75) is 37.4 Å². The standard InChI is InChI=1S/C27H22F4N2O5S/c1-26(2,3)21-10-7-16(14-22(21)28)39(36,37)33-23-11-6-15(38-27(29,30)31)13-20(23)17-8-9-19(25(34)35)24-18(17)5-4-12-32-24/h4-14,33H,1-3H3,(H,34,35). The molecule has 4 aromatic rings. The van der Waals surface area contributed by atoms with E-state index in [0.717, 1.165) is 24.3 Å². The number of hydrogen-bond acceptors (Lipinski definition) is 5. The predicted octanol–water partition coefficient (Wildman–Crippen LogP) is 6.74. The van der Waals surface area contributed by atoms with Gasteiger partial charge < -0.3 is 9.84 Å². The molecule has 0 atom stereocenters. The normalized spacial score (nSPS) is 12.4. The highest BCUT2D eigenvalue weighted by Gasteiger charge is 2.32. The van der Waals surface area contributed by atoms with Gasteiger partial charge in [0, 0.05) is 17.1 Å². The summed E-state index contributed by atoms with van der Waals surface area (Å²) >= 11 is 0. The number of fused-ring (bicyclic) bond motifs is 1. The van der Waals surface area contributed by atoms with Crippen LogP contribution in [0.1, 0.15) is 36.7 Å². The van der Waals surface area contributed by atoms with Gasteiger partial charge in [0.1, 0.15) is 11.6 Å². The van der Waals surface area contributed by atoms with Gasteiger partial charge in [-0.25, -0.2) is 17.6 Å². The van der Waals surface area contributed by atoms with E-state index in [4.69, 9.17) is 0 Å². The zero-order valence-electron chi connectivity index (χ0n) is 20.8. The summed E-state index contributed by atoms with van der Waals surface area (Å²) in [6.45, 7) is 5.30. The second-order valence-electron chi connectivity index (χ2n) is 9.62. The van der Waals surface area contributed by atoms with E-state index in [1.165, 1.54) is 42.6 Å². The number of ether oxygens (including phenoxy) is 1. The number of pyridine rings is 1. The lowest BCUT2D eigenvalue weighted by atomic mass is 9.87. The molecular formula is C27H22F4N2O5S. The molecule has 0 aliphatic carbocycles. The average Bonchev–Trinajstić information content (AvgIpc) is 2.82. The van der Waals surface area contributed by atoms with Crippen LogP contribution in [0, 0.1) is 5.82 Å². The van der Waals surface area contributed by atoms with Gasteiger partial charge in [0.2, 0.25) is 0 Å². The molecule has 0 aliphatic rings. The largest absolute Gasteiger partial charge is 0.573 e. The van der Waals surface area contributed by atoms with Crippen LogP contribution in [0.2, 0.25) is 0 Å². The molecule has 0 saturated heterocycles. The lowest BCUT2D eigenvalue weighted by Crippen LogP contribution is -2.18. The van der Waals surface area contributed by atoms with Gasteiger partial charge >= 0.3 is 12.3 Å². The van der Waals surface area contributed by atoms with E-state index < -0.39 is 44.2 Å². The number of anilines is 1. The van der Waals surface area contributed by atoms with Gasteiger partial charge in [0.05, 0.1) is 21.7 Å². The number of hydrogen-bond donors (Lipinski definition) is 2. The fourth-order valence-corrected chi connectivity index (χ4v) is 5.18. The number of carboxylic acid groups (broad SMARTS) is 1. The van der Waals surface area contributed by atoms with Crippen LogP contribution in [-0.4, -0.2) is 30.8 Å². The van der Waals surface area contributed by atoms with E-state index in [-0.39, 0.29) is 33.3 Å². The van der Waals surface area contributed by atoms with E-state index in [1.807, 2.05) is 0 Å². The van der Waals surface area contributed by atoms with Gasteiger partial charge in [-0.05, 0) is 59.0 Å². The lowest BCUT2D eigenvalue weighted by molar-refractivity contribution is -0.274. The number of carboxylic acids is 1. The minimum atomic E-state index is -5.03. The number of alkyl halides is 3. The molecule has 0 amide bonds. The van der Waals surface area contributed by atoms with Crippen molar-refractivity contribution in [2.24, 2.45) is 0 Å². The maximum atomic E-state index is 14.8. The number of nitrogens with one attached hydrogen (secondary N) is 1. The summed E-state index contributed by atoms with van der Waals surface area (Å²) in [6, 6.07) is 12.0. The first kappa shape index (κ1) is 27.8. The zero-order valence-corrected chi connectivity index (χ0v) is 21.6. The molecule has 2 N–H and O–H groups in total. The van der Waals surface area contributed by atoms with Crippen molar-refractivity contribution in [2.75, 3.05) is 4.72 Å². The molecule has 0 radical (unpaired) electrons. The summed E-state index contributed by atoms with van der Waals surface area (Å²) in [6.07, 6.45) is -3.68. The van der Waals surface area contributed by atoms with Gasteiger partial charge in [-0.15, -0.1) is 13.2 Å². The number of benzene rings is 3. The molecule has 3 aromatic carbocycles. The van der Waals surface area contributed by atoms with Crippen molar-refractivity contribution in [3.8, 4) is 16.9 Å². The molecule has 204 valence electrons. The first-order valence-electron chi connectivity index (χ1n) is 11.4. The minimum absolute atomic E-state index is 0.0401. The molecule has 12 heteroatoms. The Balaban J connectivity index is 1.88. The molecule has 0 fully saturated rings. The zero-order chi connectivity index (χ0) is 28.8. The highest BCUT2D eigenvalue weighted by atomic mass is 32.2. The maximum absolute atomic E-state index is 14.8. The first-order valence-corrected chi connectivity index (χ1v) is 12.9. The molecule has 39 heavy (non-hydrogen) atoms. The van der Waals surface area contributed by atoms with E-state index in [2.05, 4.69) is 14.4 Å². The van der Waals surface area contributed by atoms with Crippen molar-refractivity contribution in [1.29, 1.82) is 0 Å². The van der Waals surface area contributed by atoms with Crippen molar-refractivity contribution in [1.82, 2.24) is 4.98 Å². The third kappa shape index (κ3) is 5.95. The number of nitrogens with zero attached hydrogens (tertiary/aromatic N) is 1. The molecule has 0 spiro atoms. The van der Waals surface area contributed by atoms with Crippen LogP contribution in [0.5, 0.6) is 5.75 Å². The maximum Gasteiger partial charge on any atom is 0.573 e. The fourth-order valence-electron chi connectivity index (χ4n) is 4.09. The smallest absolute Gasteiger partial charge is 0.478 e. The van der Waals surface area contributed by atoms with E-state index in [1.54, 1.807) is 20.8 Å². The predicted molar refractivity (Wildman–Crippen MR) is 137 cm³/mol. The van der Waals surface area contributed by atoms with Crippen molar-refractivity contribution in [3.63, 3.8) is 0 Å². The van der Waals surface area contributed by atoms with Crippen molar-refractivity contribution < 1.29 is 40.6 Å². The van der Waals surface area contributed by atoms with Gasteiger partial charge in [-0.2, -0.15) is 0 Å². The Labute approximate surface area is 221 Å². The summed E-state index contributed by atoms with van der Waals surface area (Å²) in [5, 5.41) is 9.77. The van der Waals surface area contributed by atoms with Crippen LogP contribution >= 0.6 is 0 Å². The van der Waals surface area contributed by atoms with Gasteiger partial charge in [0.15, 0.2) is 0 Å². The molecular weight excluding hydrogens is 540 g/mol. The summed E-state index contributed by atoms with van der Waals surface area (Å²) in [4.78, 5) is 15.4. The molecule has 0 aliphatic heterocycles. The SMILES string of the molecule is CC(C)(C)c1ccc(S(=O)(=O)Nc2ccc(OC(F)(F)F)cc2-c2ccc(C(=O)O)c3ncccc23)cc1F. The van der Waals surface area contributed by atoms with Gasteiger partial charge in [0.25, 0.3) is 10.0 Å². The Kier molecular flexibility index (Phi) is 7.02. The lowest BCUT2D eigenvalue weighted by Gasteiger charge is -2.21. The quantitative estimate of drug-likeness (QED) is 0.252. The monoisotopic (exact) mass is 562 g/mol. The third-order valence-corrected chi connectivity index (χ3v) is 7.18. The first-order chi connectivity index (χ1) is 18.1. The van der Waals surface area contributed by atoms with Crippen LogP contribution < -0.4 is 9.46 Å². The number of aromatic carboxylic acids is 1. The van der Waals surface area contributed by atoms with Crippen LogP contribution in [0.4, 0.5) is 23.2 Å². The molecule has 1 aromatic heterocycles. The van der Waals surface area contributed by atoms with Crippen molar-refractivity contribution >= 4 is 32.6 Å². The number of aromatic nitrogens is 1. The summed E-state index contributed by atoms with van der Waals surface area (Å²) in [7, 11) is -4.41. The molecule has 4 rings (SSSR count). The van der Waals surface area contributed by atoms with E-state index in [0.29, 0.717) is 5.56 Å².